The molecule has 0 radical (unpaired) electrons. The standard InChI is InChI=1S/C35H68O4/c1-4-6-8-10-12-14-16-17-18-19-20-21-23-24-26-28-30-34(36)38-32-33(3)39-35(37)31-29-27-25-22-15-13-11-9-7-5-2/h33H,4-32H2,1-3H3. The minimum absolute atomic E-state index is 0.168. The van der Waals surface area contributed by atoms with E-state index in [1.165, 1.54) is 141 Å². The van der Waals surface area contributed by atoms with Crippen LogP contribution in [0.1, 0.15) is 201 Å². The maximum Gasteiger partial charge on any atom is 0.306 e. The molecule has 0 N–H and O–H groups in total. The number of rotatable bonds is 31. The normalized spacial score (nSPS) is 12.0. The summed E-state index contributed by atoms with van der Waals surface area (Å²) in [7, 11) is 0. The quantitative estimate of drug-likeness (QED) is 0.0634. The van der Waals surface area contributed by atoms with Crippen molar-refractivity contribution in [2.45, 2.75) is 207 Å². The van der Waals surface area contributed by atoms with Crippen molar-refractivity contribution in [3.63, 3.8) is 0 Å². The Morgan fingerprint density at radius 2 is 0.718 bits per heavy atom. The van der Waals surface area contributed by atoms with E-state index in [0.717, 1.165) is 25.7 Å². The lowest BCUT2D eigenvalue weighted by molar-refractivity contribution is -0.158. The molecule has 0 spiro atoms. The maximum atomic E-state index is 12.0. The molecule has 0 aromatic rings. The highest BCUT2D eigenvalue weighted by atomic mass is 16.6. The highest BCUT2D eigenvalue weighted by Gasteiger charge is 2.12. The Bertz CT molecular complexity index is 519. The van der Waals surface area contributed by atoms with Gasteiger partial charge in [-0.3, -0.25) is 9.59 Å². The summed E-state index contributed by atoms with van der Waals surface area (Å²) in [6, 6.07) is 0. The van der Waals surface area contributed by atoms with E-state index in [1.807, 2.05) is 0 Å². The van der Waals surface area contributed by atoms with E-state index in [0.29, 0.717) is 12.8 Å². The number of unbranched alkanes of at least 4 members (excludes halogenated alkanes) is 24. The number of carbonyl (C=O) groups excluding carboxylic acids is 2. The van der Waals surface area contributed by atoms with E-state index in [4.69, 9.17) is 9.47 Å². The van der Waals surface area contributed by atoms with Gasteiger partial charge in [0.25, 0.3) is 0 Å². The van der Waals surface area contributed by atoms with Crippen molar-refractivity contribution in [2.75, 3.05) is 6.61 Å². The average Bonchev–Trinajstić information content (AvgIpc) is 2.92. The van der Waals surface area contributed by atoms with Crippen molar-refractivity contribution in [3.8, 4) is 0 Å². The summed E-state index contributed by atoms with van der Waals surface area (Å²) < 4.78 is 10.7. The number of hydrogen-bond donors (Lipinski definition) is 0. The van der Waals surface area contributed by atoms with Gasteiger partial charge in [0, 0.05) is 12.8 Å². The zero-order valence-corrected chi connectivity index (χ0v) is 26.7. The molecule has 4 nitrogen and oxygen atoms in total. The molecule has 4 heteroatoms. The first-order chi connectivity index (χ1) is 19.1. The molecule has 0 aromatic carbocycles. The van der Waals surface area contributed by atoms with Crippen LogP contribution in [-0.2, 0) is 19.1 Å². The first-order valence-corrected chi connectivity index (χ1v) is 17.4. The maximum absolute atomic E-state index is 12.0. The molecule has 0 fully saturated rings. The molecular formula is C35H68O4. The smallest absolute Gasteiger partial charge is 0.306 e. The first kappa shape index (κ1) is 37.9. The summed E-state index contributed by atoms with van der Waals surface area (Å²) in [6.45, 7) is 6.50. The second kappa shape index (κ2) is 31.5. The molecule has 0 bridgehead atoms. The largest absolute Gasteiger partial charge is 0.462 e. The van der Waals surface area contributed by atoms with Crippen LogP contribution in [0.3, 0.4) is 0 Å². The predicted octanol–water partition coefficient (Wildman–Crippen LogP) is 11.4. The second-order valence-corrected chi connectivity index (χ2v) is 12.0. The molecular weight excluding hydrogens is 484 g/mol. The van der Waals surface area contributed by atoms with Gasteiger partial charge in [-0.1, -0.05) is 168 Å². The summed E-state index contributed by atoms with van der Waals surface area (Å²) in [5.41, 5.74) is 0. The van der Waals surface area contributed by atoms with Gasteiger partial charge in [0.15, 0.2) is 0 Å². The van der Waals surface area contributed by atoms with Gasteiger partial charge >= 0.3 is 11.9 Å². The lowest BCUT2D eigenvalue weighted by Crippen LogP contribution is -2.22. The number of ether oxygens (including phenoxy) is 2. The Morgan fingerprint density at radius 3 is 1.05 bits per heavy atom. The molecule has 0 aliphatic carbocycles. The topological polar surface area (TPSA) is 52.6 Å². The van der Waals surface area contributed by atoms with Gasteiger partial charge in [-0.25, -0.2) is 0 Å². The van der Waals surface area contributed by atoms with Gasteiger partial charge in [-0.15, -0.1) is 0 Å². The Morgan fingerprint density at radius 1 is 0.436 bits per heavy atom. The van der Waals surface area contributed by atoms with Crippen molar-refractivity contribution in [2.24, 2.45) is 0 Å². The van der Waals surface area contributed by atoms with E-state index in [9.17, 15) is 9.59 Å². The summed E-state index contributed by atoms with van der Waals surface area (Å²) >= 11 is 0. The molecule has 0 aliphatic rings. The molecule has 0 saturated heterocycles. The zero-order valence-electron chi connectivity index (χ0n) is 26.7. The average molecular weight is 553 g/mol. The monoisotopic (exact) mass is 553 g/mol. The highest BCUT2D eigenvalue weighted by Crippen LogP contribution is 2.15. The molecule has 0 amide bonds. The van der Waals surface area contributed by atoms with Gasteiger partial charge in [-0.05, 0) is 19.8 Å². The van der Waals surface area contributed by atoms with Crippen molar-refractivity contribution < 1.29 is 19.1 Å². The van der Waals surface area contributed by atoms with Crippen LogP contribution in [0.15, 0.2) is 0 Å². The summed E-state index contributed by atoms with van der Waals surface area (Å²) in [6.07, 6.45) is 34.3. The van der Waals surface area contributed by atoms with Crippen molar-refractivity contribution in [3.05, 3.63) is 0 Å². The second-order valence-electron chi connectivity index (χ2n) is 12.0. The molecule has 1 unspecified atom stereocenters. The lowest BCUT2D eigenvalue weighted by atomic mass is 10.0. The lowest BCUT2D eigenvalue weighted by Gasteiger charge is -2.13. The summed E-state index contributed by atoms with van der Waals surface area (Å²) in [4.78, 5) is 24.0. The number of esters is 2. The van der Waals surface area contributed by atoms with Gasteiger partial charge in [0.2, 0.25) is 0 Å². The van der Waals surface area contributed by atoms with E-state index in [2.05, 4.69) is 13.8 Å². The zero-order chi connectivity index (χ0) is 28.7. The summed E-state index contributed by atoms with van der Waals surface area (Å²) in [5, 5.41) is 0. The Labute approximate surface area is 244 Å². The fourth-order valence-corrected chi connectivity index (χ4v) is 5.17. The Hall–Kier alpha value is -1.06. The molecule has 0 aromatic heterocycles. The van der Waals surface area contributed by atoms with E-state index < -0.39 is 0 Å². The van der Waals surface area contributed by atoms with Crippen LogP contribution < -0.4 is 0 Å². The van der Waals surface area contributed by atoms with Crippen LogP contribution in [0, 0.1) is 0 Å². The Balaban J connectivity index is 3.39. The van der Waals surface area contributed by atoms with Crippen molar-refractivity contribution >= 4 is 11.9 Å². The van der Waals surface area contributed by atoms with Crippen molar-refractivity contribution in [1.29, 1.82) is 0 Å². The molecule has 0 rings (SSSR count). The highest BCUT2D eigenvalue weighted by molar-refractivity contribution is 5.70. The summed E-state index contributed by atoms with van der Waals surface area (Å²) in [5.74, 6) is -0.339. The van der Waals surface area contributed by atoms with Crippen LogP contribution in [0.4, 0.5) is 0 Å². The molecule has 0 saturated carbocycles. The van der Waals surface area contributed by atoms with Gasteiger partial charge < -0.3 is 9.47 Å². The third-order valence-corrected chi connectivity index (χ3v) is 7.78. The number of hydrogen-bond acceptors (Lipinski definition) is 4. The van der Waals surface area contributed by atoms with Crippen molar-refractivity contribution in [1.82, 2.24) is 0 Å². The SMILES string of the molecule is CCCCCCCCCCCCCCCCCCC(=O)OCC(C)OC(=O)CCCCCCCCCCCC. The third kappa shape index (κ3) is 31.3. The minimum atomic E-state index is -0.365. The first-order valence-electron chi connectivity index (χ1n) is 17.4. The molecule has 232 valence electrons. The fourth-order valence-electron chi connectivity index (χ4n) is 5.17. The van der Waals surface area contributed by atoms with Crippen LogP contribution in [0.5, 0.6) is 0 Å². The Kier molecular flexibility index (Phi) is 30.6. The molecule has 1 atom stereocenters. The van der Waals surface area contributed by atoms with Gasteiger partial charge in [0.1, 0.15) is 12.7 Å². The fraction of sp³-hybridized carbons (Fsp3) is 0.943. The van der Waals surface area contributed by atoms with E-state index in [1.54, 1.807) is 6.92 Å². The van der Waals surface area contributed by atoms with Crippen LogP contribution in [0.25, 0.3) is 0 Å². The third-order valence-electron chi connectivity index (χ3n) is 7.78. The molecule has 0 aliphatic heterocycles. The molecule has 39 heavy (non-hydrogen) atoms. The predicted molar refractivity (Wildman–Crippen MR) is 167 cm³/mol. The van der Waals surface area contributed by atoms with Crippen LogP contribution in [0.2, 0.25) is 0 Å². The van der Waals surface area contributed by atoms with Gasteiger partial charge in [-0.2, -0.15) is 0 Å². The van der Waals surface area contributed by atoms with E-state index in [-0.39, 0.29) is 24.6 Å². The minimum Gasteiger partial charge on any atom is -0.462 e. The number of carbonyl (C=O) groups is 2. The van der Waals surface area contributed by atoms with Gasteiger partial charge in [0.05, 0.1) is 0 Å². The van der Waals surface area contributed by atoms with Crippen LogP contribution in [-0.4, -0.2) is 24.6 Å². The van der Waals surface area contributed by atoms with E-state index >= 15 is 0 Å². The van der Waals surface area contributed by atoms with Crippen LogP contribution >= 0.6 is 0 Å². The molecule has 0 heterocycles.